The molecule has 4 heteroatoms. The lowest BCUT2D eigenvalue weighted by Crippen LogP contribution is -2.27. The number of benzene rings is 1. The molecule has 1 aromatic rings. The Bertz CT molecular complexity index is 405. The van der Waals surface area contributed by atoms with Crippen molar-refractivity contribution in [2.45, 2.75) is 30.4 Å². The lowest BCUT2D eigenvalue weighted by molar-refractivity contribution is 0.0949. The highest BCUT2D eigenvalue weighted by Gasteiger charge is 2.11. The van der Waals surface area contributed by atoms with Crippen LogP contribution in [0.3, 0.4) is 0 Å². The monoisotopic (exact) mass is 280 g/mol. The summed E-state index contributed by atoms with van der Waals surface area (Å²) >= 11 is 1.73. The lowest BCUT2D eigenvalue weighted by atomic mass is 10.2. The number of amides is 1. The molecule has 1 rings (SSSR count). The highest BCUT2D eigenvalue weighted by atomic mass is 32.2. The highest BCUT2D eigenvalue weighted by molar-refractivity contribution is 8.00. The molecular weight excluding hydrogens is 256 g/mol. The van der Waals surface area contributed by atoms with E-state index in [-0.39, 0.29) is 5.91 Å². The van der Waals surface area contributed by atoms with Gasteiger partial charge in [-0.1, -0.05) is 26.0 Å². The van der Waals surface area contributed by atoms with Crippen LogP contribution in [-0.4, -0.2) is 43.2 Å². The van der Waals surface area contributed by atoms with E-state index in [0.29, 0.717) is 5.25 Å². The zero-order chi connectivity index (χ0) is 14.3. The minimum Gasteiger partial charge on any atom is -0.352 e. The van der Waals surface area contributed by atoms with Gasteiger partial charge in [-0.15, -0.1) is 11.8 Å². The zero-order valence-electron chi connectivity index (χ0n) is 12.3. The molecule has 0 aliphatic carbocycles. The maximum absolute atomic E-state index is 12.2. The van der Waals surface area contributed by atoms with Crippen LogP contribution in [-0.2, 0) is 0 Å². The average molecular weight is 280 g/mol. The summed E-state index contributed by atoms with van der Waals surface area (Å²) in [5, 5.41) is 3.46. The van der Waals surface area contributed by atoms with Crippen LogP contribution in [0.4, 0.5) is 0 Å². The summed E-state index contributed by atoms with van der Waals surface area (Å²) < 4.78 is 0. The van der Waals surface area contributed by atoms with Crippen molar-refractivity contribution in [1.82, 2.24) is 10.2 Å². The Hall–Kier alpha value is -1.00. The van der Waals surface area contributed by atoms with Gasteiger partial charge in [-0.3, -0.25) is 4.79 Å². The lowest BCUT2D eigenvalue weighted by Gasteiger charge is -2.12. The number of hydrogen-bond acceptors (Lipinski definition) is 3. The van der Waals surface area contributed by atoms with Crippen molar-refractivity contribution in [2.75, 3.05) is 27.2 Å². The van der Waals surface area contributed by atoms with E-state index < -0.39 is 0 Å². The molecule has 0 spiro atoms. The topological polar surface area (TPSA) is 32.3 Å². The van der Waals surface area contributed by atoms with Gasteiger partial charge in [-0.05, 0) is 39.2 Å². The first-order chi connectivity index (χ1) is 9.00. The van der Waals surface area contributed by atoms with Crippen LogP contribution in [0.5, 0.6) is 0 Å². The van der Waals surface area contributed by atoms with Gasteiger partial charge in [0.2, 0.25) is 0 Å². The minimum absolute atomic E-state index is 0.0301. The molecule has 0 bridgehead atoms. The predicted octanol–water partition coefficient (Wildman–Crippen LogP) is 2.87. The van der Waals surface area contributed by atoms with Gasteiger partial charge in [-0.2, -0.15) is 0 Å². The van der Waals surface area contributed by atoms with Gasteiger partial charge in [-0.25, -0.2) is 0 Å². The Kier molecular flexibility index (Phi) is 6.95. The van der Waals surface area contributed by atoms with E-state index in [2.05, 4.69) is 24.1 Å². The third-order valence-electron chi connectivity index (χ3n) is 2.56. The first-order valence-corrected chi connectivity index (χ1v) is 7.57. The molecule has 3 nitrogen and oxygen atoms in total. The van der Waals surface area contributed by atoms with Gasteiger partial charge in [0.15, 0.2) is 0 Å². The van der Waals surface area contributed by atoms with Crippen LogP contribution in [0, 0.1) is 0 Å². The number of carbonyl (C=O) groups excluding carboxylic acids is 1. The molecule has 0 saturated heterocycles. The fourth-order valence-corrected chi connectivity index (χ4v) is 2.66. The van der Waals surface area contributed by atoms with E-state index in [0.717, 1.165) is 30.0 Å². The van der Waals surface area contributed by atoms with Crippen LogP contribution in [0.1, 0.15) is 30.6 Å². The maximum atomic E-state index is 12.2. The van der Waals surface area contributed by atoms with Crippen molar-refractivity contribution >= 4 is 17.7 Å². The molecule has 0 heterocycles. The molecule has 106 valence electrons. The predicted molar refractivity (Wildman–Crippen MR) is 82.9 cm³/mol. The van der Waals surface area contributed by atoms with Crippen LogP contribution in [0.15, 0.2) is 29.2 Å². The molecule has 0 radical (unpaired) electrons. The van der Waals surface area contributed by atoms with Crippen molar-refractivity contribution < 1.29 is 4.79 Å². The summed E-state index contributed by atoms with van der Waals surface area (Å²) in [5.74, 6) is 0.0301. The van der Waals surface area contributed by atoms with E-state index >= 15 is 0 Å². The van der Waals surface area contributed by atoms with Gasteiger partial charge in [0.05, 0.1) is 5.56 Å². The fourth-order valence-electron chi connectivity index (χ4n) is 1.70. The van der Waals surface area contributed by atoms with Gasteiger partial charge < -0.3 is 10.2 Å². The van der Waals surface area contributed by atoms with Crippen LogP contribution >= 0.6 is 11.8 Å². The molecule has 1 N–H and O–H groups in total. The number of nitrogens with zero attached hydrogens (tertiary/aromatic N) is 1. The quantitative estimate of drug-likeness (QED) is 0.616. The molecule has 0 fully saturated rings. The van der Waals surface area contributed by atoms with Crippen molar-refractivity contribution in [3.05, 3.63) is 29.8 Å². The van der Waals surface area contributed by atoms with Crippen LogP contribution in [0.2, 0.25) is 0 Å². The maximum Gasteiger partial charge on any atom is 0.252 e. The first kappa shape index (κ1) is 16.1. The smallest absolute Gasteiger partial charge is 0.252 e. The number of hydrogen-bond donors (Lipinski definition) is 1. The Morgan fingerprint density at radius 1 is 1.32 bits per heavy atom. The highest BCUT2D eigenvalue weighted by Crippen LogP contribution is 2.26. The Morgan fingerprint density at radius 3 is 2.63 bits per heavy atom. The van der Waals surface area contributed by atoms with Crippen LogP contribution in [0.25, 0.3) is 0 Å². The normalized spacial score (nSPS) is 11.1. The summed E-state index contributed by atoms with van der Waals surface area (Å²) in [6.07, 6.45) is 0.970. The number of rotatable bonds is 7. The second-order valence-electron chi connectivity index (χ2n) is 5.08. The second kappa shape index (κ2) is 8.23. The summed E-state index contributed by atoms with van der Waals surface area (Å²) in [6, 6.07) is 7.80. The van der Waals surface area contributed by atoms with E-state index in [1.54, 1.807) is 11.8 Å². The summed E-state index contributed by atoms with van der Waals surface area (Å²) in [5.41, 5.74) is 0.783. The van der Waals surface area contributed by atoms with Gasteiger partial charge in [0.25, 0.3) is 5.91 Å². The molecule has 0 aliphatic heterocycles. The largest absolute Gasteiger partial charge is 0.352 e. The SMILES string of the molecule is CC(C)Sc1ccccc1C(=O)NCCCN(C)C. The molecule has 0 aliphatic rings. The van der Waals surface area contributed by atoms with Gasteiger partial charge in [0.1, 0.15) is 0 Å². The third-order valence-corrected chi connectivity index (χ3v) is 3.64. The van der Waals surface area contributed by atoms with E-state index in [1.165, 1.54) is 0 Å². The Labute approximate surface area is 120 Å². The Morgan fingerprint density at radius 2 is 2.00 bits per heavy atom. The molecular formula is C15H24N2OS. The van der Waals surface area contributed by atoms with Crippen molar-refractivity contribution in [3.8, 4) is 0 Å². The second-order valence-corrected chi connectivity index (χ2v) is 6.69. The molecule has 19 heavy (non-hydrogen) atoms. The number of thioether (sulfide) groups is 1. The Balaban J connectivity index is 2.56. The van der Waals surface area contributed by atoms with E-state index in [9.17, 15) is 4.79 Å². The summed E-state index contributed by atoms with van der Waals surface area (Å²) in [4.78, 5) is 15.3. The van der Waals surface area contributed by atoms with Crippen molar-refractivity contribution in [3.63, 3.8) is 0 Å². The molecule has 1 aromatic carbocycles. The van der Waals surface area contributed by atoms with Crippen molar-refractivity contribution in [2.24, 2.45) is 0 Å². The zero-order valence-corrected chi connectivity index (χ0v) is 13.1. The minimum atomic E-state index is 0.0301. The number of carbonyl (C=O) groups is 1. The van der Waals surface area contributed by atoms with Crippen molar-refractivity contribution in [1.29, 1.82) is 0 Å². The van der Waals surface area contributed by atoms with Gasteiger partial charge in [0, 0.05) is 16.7 Å². The fraction of sp³-hybridized carbons (Fsp3) is 0.533. The van der Waals surface area contributed by atoms with Gasteiger partial charge >= 0.3 is 0 Å². The standard InChI is InChI=1S/C15H24N2OS/c1-12(2)19-14-9-6-5-8-13(14)15(18)16-10-7-11-17(3)4/h5-6,8-9,12H,7,10-11H2,1-4H3,(H,16,18). The third kappa shape index (κ3) is 6.12. The summed E-state index contributed by atoms with van der Waals surface area (Å²) in [7, 11) is 4.08. The molecule has 0 saturated carbocycles. The first-order valence-electron chi connectivity index (χ1n) is 6.69. The van der Waals surface area contributed by atoms with E-state index in [1.807, 2.05) is 38.4 Å². The number of nitrogens with one attached hydrogen (secondary N) is 1. The molecule has 1 amide bonds. The van der Waals surface area contributed by atoms with E-state index in [4.69, 9.17) is 0 Å². The molecule has 0 atom stereocenters. The molecule has 0 aromatic heterocycles. The summed E-state index contributed by atoms with van der Waals surface area (Å²) in [6.45, 7) is 5.98. The average Bonchev–Trinajstić information content (AvgIpc) is 2.34. The molecule has 0 unspecified atom stereocenters. The van der Waals surface area contributed by atoms with Crippen LogP contribution < -0.4 is 5.32 Å².